The number of piperidine rings is 1. The Bertz CT molecular complexity index is 1310. The fraction of sp³-hybridized carbons (Fsp3) is 0.400. The Labute approximate surface area is 212 Å². The first kappa shape index (κ1) is 24.4. The first-order valence-electron chi connectivity index (χ1n) is 11.8. The van der Waals surface area contributed by atoms with Crippen molar-refractivity contribution >= 4 is 40.4 Å². The number of hydrogen-bond acceptors (Lipinski definition) is 8. The van der Waals surface area contributed by atoms with E-state index in [-0.39, 0.29) is 23.7 Å². The molecule has 2 aliphatic heterocycles. The number of methoxy groups -OCH3 is 1. The lowest BCUT2D eigenvalue weighted by Crippen LogP contribution is -2.46. The molecular formula is C25H27FN6O3S. The van der Waals surface area contributed by atoms with E-state index in [1.54, 1.807) is 30.1 Å². The Morgan fingerprint density at radius 2 is 2.06 bits per heavy atom. The van der Waals surface area contributed by atoms with Gasteiger partial charge in [0.15, 0.2) is 0 Å². The smallest absolute Gasteiger partial charge is 0.272 e. The fourth-order valence-electron chi connectivity index (χ4n) is 4.66. The molecule has 0 atom stereocenters. The Morgan fingerprint density at radius 3 is 2.83 bits per heavy atom. The highest BCUT2D eigenvalue weighted by molar-refractivity contribution is 8.00. The lowest BCUT2D eigenvalue weighted by Gasteiger charge is -2.36. The Balaban J connectivity index is 1.19. The molecule has 0 bridgehead atoms. The van der Waals surface area contributed by atoms with Gasteiger partial charge in [-0.25, -0.2) is 14.4 Å². The van der Waals surface area contributed by atoms with Crippen molar-refractivity contribution in [3.8, 4) is 5.88 Å². The number of likely N-dealkylation sites (tertiary alicyclic amines) is 1. The molecule has 1 fully saturated rings. The number of nitrogens with zero attached hydrogens (tertiary/aromatic N) is 5. The van der Waals surface area contributed by atoms with Crippen LogP contribution in [0.5, 0.6) is 5.88 Å². The third-order valence-electron chi connectivity index (χ3n) is 6.75. The lowest BCUT2D eigenvalue weighted by molar-refractivity contribution is -0.113. The molecule has 2 amide bonds. The number of carbonyl (C=O) groups is 2. The molecule has 5 rings (SSSR count). The lowest BCUT2D eigenvalue weighted by atomic mass is 10.0. The second-order valence-electron chi connectivity index (χ2n) is 8.92. The standard InChI is InChI=1S/C25H27FN6O3S/c1-31(25(34)19-3-5-20-24(28-19)29-21(33)14-36-20)15-7-10-32(11-8-15)12-9-16-17(26)13-27-18-4-6-22(35-2)30-23(16)18/h3-6,13,15H,7-12,14H2,1-2H3,(H,28,29,33). The van der Waals surface area contributed by atoms with Crippen molar-refractivity contribution < 1.29 is 18.7 Å². The highest BCUT2D eigenvalue weighted by Crippen LogP contribution is 2.30. The average molecular weight is 511 g/mol. The van der Waals surface area contributed by atoms with Crippen molar-refractivity contribution in [2.75, 3.05) is 44.9 Å². The van der Waals surface area contributed by atoms with Crippen LogP contribution in [0.3, 0.4) is 0 Å². The van der Waals surface area contributed by atoms with Crippen LogP contribution in [0.4, 0.5) is 10.2 Å². The van der Waals surface area contributed by atoms with Gasteiger partial charge in [0.1, 0.15) is 17.3 Å². The number of fused-ring (bicyclic) bond motifs is 2. The second kappa shape index (κ2) is 10.4. The second-order valence-corrected chi connectivity index (χ2v) is 9.94. The number of rotatable bonds is 6. The van der Waals surface area contributed by atoms with Crippen LogP contribution in [0.15, 0.2) is 35.4 Å². The largest absolute Gasteiger partial charge is 0.481 e. The number of pyridine rings is 3. The summed E-state index contributed by atoms with van der Waals surface area (Å²) >= 11 is 1.42. The summed E-state index contributed by atoms with van der Waals surface area (Å²) in [7, 11) is 3.33. The zero-order valence-corrected chi connectivity index (χ0v) is 21.0. The van der Waals surface area contributed by atoms with Crippen LogP contribution in [-0.2, 0) is 11.2 Å². The number of amides is 2. The van der Waals surface area contributed by atoms with Crippen LogP contribution in [0.1, 0.15) is 28.9 Å². The molecule has 1 N–H and O–H groups in total. The molecule has 11 heteroatoms. The number of aromatic nitrogens is 3. The van der Waals surface area contributed by atoms with Gasteiger partial charge in [0.2, 0.25) is 11.8 Å². The normalized spacial score (nSPS) is 16.5. The van der Waals surface area contributed by atoms with E-state index < -0.39 is 0 Å². The van der Waals surface area contributed by atoms with E-state index in [4.69, 9.17) is 4.74 Å². The first-order valence-corrected chi connectivity index (χ1v) is 12.8. The van der Waals surface area contributed by atoms with E-state index in [1.807, 2.05) is 6.07 Å². The number of hydrogen-bond donors (Lipinski definition) is 1. The molecule has 0 aliphatic carbocycles. The molecule has 2 aliphatic rings. The van der Waals surface area contributed by atoms with Gasteiger partial charge in [-0.3, -0.25) is 14.6 Å². The molecular weight excluding hydrogens is 483 g/mol. The molecule has 5 heterocycles. The van der Waals surface area contributed by atoms with Gasteiger partial charge in [0.05, 0.1) is 35.0 Å². The molecule has 3 aromatic heterocycles. The summed E-state index contributed by atoms with van der Waals surface area (Å²) < 4.78 is 19.8. The summed E-state index contributed by atoms with van der Waals surface area (Å²) in [4.78, 5) is 42.6. The number of anilines is 1. The minimum absolute atomic E-state index is 0.0833. The van der Waals surface area contributed by atoms with Gasteiger partial charge in [-0.2, -0.15) is 0 Å². The summed E-state index contributed by atoms with van der Waals surface area (Å²) in [6.45, 7) is 2.28. The zero-order valence-electron chi connectivity index (χ0n) is 20.2. The van der Waals surface area contributed by atoms with Gasteiger partial charge < -0.3 is 19.9 Å². The maximum absolute atomic E-state index is 14.6. The van der Waals surface area contributed by atoms with Gasteiger partial charge in [-0.05, 0) is 37.5 Å². The Morgan fingerprint density at radius 1 is 1.25 bits per heavy atom. The Kier molecular flexibility index (Phi) is 7.01. The zero-order chi connectivity index (χ0) is 25.2. The van der Waals surface area contributed by atoms with Crippen molar-refractivity contribution in [2.24, 2.45) is 0 Å². The van der Waals surface area contributed by atoms with E-state index in [9.17, 15) is 14.0 Å². The van der Waals surface area contributed by atoms with Crippen LogP contribution in [-0.4, -0.2) is 82.2 Å². The van der Waals surface area contributed by atoms with E-state index in [0.29, 0.717) is 52.7 Å². The van der Waals surface area contributed by atoms with Gasteiger partial charge >= 0.3 is 0 Å². The van der Waals surface area contributed by atoms with Crippen LogP contribution in [0, 0.1) is 5.82 Å². The van der Waals surface area contributed by atoms with E-state index in [1.165, 1.54) is 25.1 Å². The number of nitrogens with one attached hydrogen (secondary N) is 1. The maximum atomic E-state index is 14.6. The molecule has 0 unspecified atom stereocenters. The molecule has 1 saturated heterocycles. The first-order chi connectivity index (χ1) is 17.4. The quantitative estimate of drug-likeness (QED) is 0.540. The maximum Gasteiger partial charge on any atom is 0.272 e. The van der Waals surface area contributed by atoms with Crippen molar-refractivity contribution in [1.82, 2.24) is 24.8 Å². The third kappa shape index (κ3) is 4.98. The monoisotopic (exact) mass is 510 g/mol. The highest BCUT2D eigenvalue weighted by Gasteiger charge is 2.28. The molecule has 0 radical (unpaired) electrons. The van der Waals surface area contributed by atoms with Crippen molar-refractivity contribution in [2.45, 2.75) is 30.2 Å². The predicted octanol–water partition coefficient (Wildman–Crippen LogP) is 3.00. The molecule has 0 aromatic carbocycles. The summed E-state index contributed by atoms with van der Waals surface area (Å²) in [5.41, 5.74) is 2.03. The molecule has 188 valence electrons. The van der Waals surface area contributed by atoms with E-state index in [0.717, 1.165) is 30.8 Å². The van der Waals surface area contributed by atoms with Crippen LogP contribution in [0.2, 0.25) is 0 Å². The molecule has 9 nitrogen and oxygen atoms in total. The summed E-state index contributed by atoms with van der Waals surface area (Å²) in [5.74, 6) is 0.601. The fourth-order valence-corrected chi connectivity index (χ4v) is 5.41. The van der Waals surface area contributed by atoms with Gasteiger partial charge in [-0.15, -0.1) is 11.8 Å². The number of ether oxygens (including phenoxy) is 1. The minimum atomic E-state index is -0.365. The van der Waals surface area contributed by atoms with Crippen LogP contribution in [0.25, 0.3) is 11.0 Å². The molecule has 0 spiro atoms. The third-order valence-corrected chi connectivity index (χ3v) is 7.79. The summed E-state index contributed by atoms with van der Waals surface area (Å²) in [6.07, 6.45) is 3.38. The molecule has 3 aromatic rings. The van der Waals surface area contributed by atoms with Crippen molar-refractivity contribution in [1.29, 1.82) is 0 Å². The van der Waals surface area contributed by atoms with E-state index >= 15 is 0 Å². The average Bonchev–Trinajstić information content (AvgIpc) is 2.91. The predicted molar refractivity (Wildman–Crippen MR) is 135 cm³/mol. The Hall–Kier alpha value is -3.31. The van der Waals surface area contributed by atoms with Crippen LogP contribution >= 0.6 is 11.8 Å². The van der Waals surface area contributed by atoms with Crippen molar-refractivity contribution in [3.05, 3.63) is 47.5 Å². The van der Waals surface area contributed by atoms with Gasteiger partial charge in [-0.1, -0.05) is 0 Å². The number of carbonyl (C=O) groups excluding carboxylic acids is 2. The minimum Gasteiger partial charge on any atom is -0.481 e. The summed E-state index contributed by atoms with van der Waals surface area (Å²) in [5, 5.41) is 2.74. The molecule has 36 heavy (non-hydrogen) atoms. The van der Waals surface area contributed by atoms with Gasteiger partial charge in [0.25, 0.3) is 5.91 Å². The molecule has 0 saturated carbocycles. The summed E-state index contributed by atoms with van der Waals surface area (Å²) in [6, 6.07) is 7.14. The van der Waals surface area contributed by atoms with Gasteiger partial charge in [0, 0.05) is 44.4 Å². The number of halogens is 1. The SMILES string of the molecule is COc1ccc2ncc(F)c(CCN3CCC(N(C)C(=O)c4ccc5c(n4)NC(=O)CS5)CC3)c2n1. The van der Waals surface area contributed by atoms with E-state index in [2.05, 4.69) is 25.2 Å². The number of thioether (sulfide) groups is 1. The highest BCUT2D eigenvalue weighted by atomic mass is 32.2. The van der Waals surface area contributed by atoms with Crippen LogP contribution < -0.4 is 10.1 Å². The topological polar surface area (TPSA) is 101 Å². The van der Waals surface area contributed by atoms with Crippen molar-refractivity contribution in [3.63, 3.8) is 0 Å².